The van der Waals surface area contributed by atoms with Gasteiger partial charge in [0.25, 0.3) is 11.8 Å². The van der Waals surface area contributed by atoms with E-state index >= 15 is 0 Å². The van der Waals surface area contributed by atoms with Gasteiger partial charge in [-0.3, -0.25) is 9.59 Å². The number of halogens is 3. The fraction of sp³-hybridized carbons (Fsp3) is 0.176. The van der Waals surface area contributed by atoms with E-state index in [0.717, 1.165) is 0 Å². The van der Waals surface area contributed by atoms with Gasteiger partial charge in [-0.05, 0) is 42.1 Å². The molecule has 25 heavy (non-hydrogen) atoms. The zero-order valence-electron chi connectivity index (χ0n) is 13.4. The number of carbonyl (C=O) groups is 2. The second kappa shape index (κ2) is 7.60. The Hall–Kier alpha value is -2.48. The summed E-state index contributed by atoms with van der Waals surface area (Å²) in [6.45, 7) is 0. The number of anilines is 1. The molecule has 2 aromatic rings. The SMILES string of the molecule is CN(C)C(=O)c1cccc(NC(=O)c2ccccc2SC(F)(F)F)c1. The zero-order valence-corrected chi connectivity index (χ0v) is 14.2. The van der Waals surface area contributed by atoms with Crippen molar-refractivity contribution in [1.29, 1.82) is 0 Å². The molecular formula is C17H15F3N2O2S. The highest BCUT2D eigenvalue weighted by Gasteiger charge is 2.31. The minimum atomic E-state index is -4.49. The predicted molar refractivity (Wildman–Crippen MR) is 90.8 cm³/mol. The lowest BCUT2D eigenvalue weighted by molar-refractivity contribution is -0.0328. The van der Waals surface area contributed by atoms with E-state index in [1.807, 2.05) is 0 Å². The van der Waals surface area contributed by atoms with Crippen LogP contribution >= 0.6 is 11.8 Å². The second-order valence-corrected chi connectivity index (χ2v) is 6.39. The number of nitrogens with zero attached hydrogens (tertiary/aromatic N) is 1. The van der Waals surface area contributed by atoms with Crippen LogP contribution in [0.3, 0.4) is 0 Å². The van der Waals surface area contributed by atoms with Crippen molar-refractivity contribution in [3.63, 3.8) is 0 Å². The van der Waals surface area contributed by atoms with Gasteiger partial charge in [-0.2, -0.15) is 13.2 Å². The van der Waals surface area contributed by atoms with Gasteiger partial charge in [0.05, 0.1) is 5.56 Å². The van der Waals surface area contributed by atoms with E-state index in [2.05, 4.69) is 5.32 Å². The molecule has 0 fully saturated rings. The summed E-state index contributed by atoms with van der Waals surface area (Å²) >= 11 is -0.343. The number of carbonyl (C=O) groups excluding carboxylic acids is 2. The fourth-order valence-corrected chi connectivity index (χ4v) is 2.72. The number of nitrogens with one attached hydrogen (secondary N) is 1. The lowest BCUT2D eigenvalue weighted by atomic mass is 10.1. The molecule has 132 valence electrons. The minimum Gasteiger partial charge on any atom is -0.345 e. The van der Waals surface area contributed by atoms with E-state index in [0.29, 0.717) is 11.3 Å². The molecule has 0 spiro atoms. The summed E-state index contributed by atoms with van der Waals surface area (Å²) in [6, 6.07) is 11.7. The first kappa shape index (κ1) is 18.9. The largest absolute Gasteiger partial charge is 0.446 e. The van der Waals surface area contributed by atoms with Gasteiger partial charge in [0.1, 0.15) is 0 Å². The topological polar surface area (TPSA) is 49.4 Å². The van der Waals surface area contributed by atoms with Gasteiger partial charge in [-0.25, -0.2) is 0 Å². The van der Waals surface area contributed by atoms with Crippen molar-refractivity contribution >= 4 is 29.3 Å². The normalized spacial score (nSPS) is 11.1. The molecule has 0 radical (unpaired) electrons. The standard InChI is InChI=1S/C17H15F3N2O2S/c1-22(2)16(24)11-6-5-7-12(10-11)21-15(23)13-8-3-4-9-14(13)25-17(18,19)20/h3-10H,1-2H3,(H,21,23). The first-order chi connectivity index (χ1) is 11.7. The van der Waals surface area contributed by atoms with Crippen LogP contribution in [-0.2, 0) is 0 Å². The molecule has 0 unspecified atom stereocenters. The molecule has 4 nitrogen and oxygen atoms in total. The number of alkyl halides is 3. The summed E-state index contributed by atoms with van der Waals surface area (Å²) in [6.07, 6.45) is 0. The van der Waals surface area contributed by atoms with Crippen LogP contribution in [0.15, 0.2) is 53.4 Å². The Morgan fingerprint density at radius 2 is 1.72 bits per heavy atom. The molecule has 2 rings (SSSR count). The highest BCUT2D eigenvalue weighted by Crippen LogP contribution is 2.38. The molecule has 8 heteroatoms. The second-order valence-electron chi connectivity index (χ2n) is 5.28. The number of rotatable bonds is 4. The maximum Gasteiger partial charge on any atom is 0.446 e. The first-order valence-electron chi connectivity index (χ1n) is 7.15. The van der Waals surface area contributed by atoms with E-state index in [9.17, 15) is 22.8 Å². The Balaban J connectivity index is 2.24. The molecule has 0 aliphatic carbocycles. The van der Waals surface area contributed by atoms with E-state index in [-0.39, 0.29) is 28.1 Å². The molecule has 0 bridgehead atoms. The molecule has 2 amide bonds. The monoisotopic (exact) mass is 368 g/mol. The third kappa shape index (κ3) is 5.25. The molecular weight excluding hydrogens is 353 g/mol. The Morgan fingerprint density at radius 3 is 2.36 bits per heavy atom. The van der Waals surface area contributed by atoms with Crippen molar-refractivity contribution in [2.24, 2.45) is 0 Å². The molecule has 0 aromatic heterocycles. The highest BCUT2D eigenvalue weighted by molar-refractivity contribution is 8.00. The third-order valence-corrected chi connectivity index (χ3v) is 3.94. The van der Waals surface area contributed by atoms with Crippen molar-refractivity contribution in [2.45, 2.75) is 10.4 Å². The maximum atomic E-state index is 12.6. The van der Waals surface area contributed by atoms with Crippen LogP contribution in [0, 0.1) is 0 Å². The van der Waals surface area contributed by atoms with Gasteiger partial charge < -0.3 is 10.2 Å². The quantitative estimate of drug-likeness (QED) is 0.821. The highest BCUT2D eigenvalue weighted by atomic mass is 32.2. The van der Waals surface area contributed by atoms with E-state index < -0.39 is 11.4 Å². The van der Waals surface area contributed by atoms with Crippen LogP contribution in [0.25, 0.3) is 0 Å². The third-order valence-electron chi connectivity index (χ3n) is 3.13. The molecule has 1 N–H and O–H groups in total. The smallest absolute Gasteiger partial charge is 0.345 e. The Morgan fingerprint density at radius 1 is 1.04 bits per heavy atom. The summed E-state index contributed by atoms with van der Waals surface area (Å²) in [5, 5.41) is 2.53. The number of thioether (sulfide) groups is 1. The molecule has 0 saturated heterocycles. The number of hydrogen-bond acceptors (Lipinski definition) is 3. The minimum absolute atomic E-state index is 0.0887. The molecule has 0 aliphatic heterocycles. The van der Waals surface area contributed by atoms with Gasteiger partial charge >= 0.3 is 5.51 Å². The lowest BCUT2D eigenvalue weighted by Gasteiger charge is -2.13. The summed E-state index contributed by atoms with van der Waals surface area (Å²) in [5.41, 5.74) is -3.89. The molecule has 0 heterocycles. The molecule has 0 saturated carbocycles. The molecule has 2 aromatic carbocycles. The van der Waals surface area contributed by atoms with Crippen LogP contribution in [0.2, 0.25) is 0 Å². The van der Waals surface area contributed by atoms with Gasteiger partial charge in [0.15, 0.2) is 0 Å². The van der Waals surface area contributed by atoms with Crippen LogP contribution in [0.4, 0.5) is 18.9 Å². The molecule has 0 atom stereocenters. The summed E-state index contributed by atoms with van der Waals surface area (Å²) in [5.74, 6) is -0.925. The number of amides is 2. The van der Waals surface area contributed by atoms with Crippen molar-refractivity contribution in [2.75, 3.05) is 19.4 Å². The van der Waals surface area contributed by atoms with Crippen molar-refractivity contribution < 1.29 is 22.8 Å². The van der Waals surface area contributed by atoms with Gasteiger partial charge in [0, 0.05) is 30.2 Å². The summed E-state index contributed by atoms with van der Waals surface area (Å²) < 4.78 is 37.9. The number of hydrogen-bond donors (Lipinski definition) is 1. The van der Waals surface area contributed by atoms with E-state index in [1.165, 1.54) is 35.2 Å². The van der Waals surface area contributed by atoms with Crippen LogP contribution < -0.4 is 5.32 Å². The van der Waals surface area contributed by atoms with Crippen LogP contribution in [0.5, 0.6) is 0 Å². The lowest BCUT2D eigenvalue weighted by Crippen LogP contribution is -2.22. The maximum absolute atomic E-state index is 12.6. The summed E-state index contributed by atoms with van der Waals surface area (Å²) in [7, 11) is 3.19. The van der Waals surface area contributed by atoms with Crippen molar-refractivity contribution in [3.05, 3.63) is 59.7 Å². The van der Waals surface area contributed by atoms with E-state index in [1.54, 1.807) is 32.3 Å². The van der Waals surface area contributed by atoms with Gasteiger partial charge in [-0.15, -0.1) is 0 Å². The van der Waals surface area contributed by atoms with Gasteiger partial charge in [0.2, 0.25) is 0 Å². The average molecular weight is 368 g/mol. The average Bonchev–Trinajstić information content (AvgIpc) is 2.53. The first-order valence-corrected chi connectivity index (χ1v) is 7.97. The predicted octanol–water partition coefficient (Wildman–Crippen LogP) is 4.25. The van der Waals surface area contributed by atoms with Crippen LogP contribution in [0.1, 0.15) is 20.7 Å². The molecule has 0 aliphatic rings. The zero-order chi connectivity index (χ0) is 18.6. The Labute approximate surface area is 147 Å². The summed E-state index contributed by atoms with van der Waals surface area (Å²) in [4.78, 5) is 25.5. The fourth-order valence-electron chi connectivity index (χ4n) is 2.05. The van der Waals surface area contributed by atoms with Crippen molar-refractivity contribution in [3.8, 4) is 0 Å². The van der Waals surface area contributed by atoms with Crippen LogP contribution in [-0.4, -0.2) is 36.3 Å². The van der Waals surface area contributed by atoms with Crippen molar-refractivity contribution in [1.82, 2.24) is 4.90 Å². The Bertz CT molecular complexity index is 791. The van der Waals surface area contributed by atoms with E-state index in [4.69, 9.17) is 0 Å². The Kier molecular flexibility index (Phi) is 5.73. The van der Waals surface area contributed by atoms with Gasteiger partial charge in [-0.1, -0.05) is 18.2 Å². The number of benzene rings is 2.